The van der Waals surface area contributed by atoms with Gasteiger partial charge in [-0.25, -0.2) is 0 Å². The van der Waals surface area contributed by atoms with Crippen LogP contribution in [-0.2, 0) is 11.3 Å². The molecule has 0 aromatic heterocycles. The number of hydrogen-bond acceptors (Lipinski definition) is 3. The fourth-order valence-corrected chi connectivity index (χ4v) is 2.87. The van der Waals surface area contributed by atoms with E-state index in [0.29, 0.717) is 23.0 Å². The molecule has 3 nitrogen and oxygen atoms in total. The maximum absolute atomic E-state index is 11.3. The van der Waals surface area contributed by atoms with Crippen LogP contribution >= 0.6 is 11.6 Å². The van der Waals surface area contributed by atoms with Gasteiger partial charge in [-0.3, -0.25) is 9.69 Å². The van der Waals surface area contributed by atoms with Crippen molar-refractivity contribution in [3.05, 3.63) is 34.3 Å². The number of ketones is 1. The quantitative estimate of drug-likeness (QED) is 0.848. The van der Waals surface area contributed by atoms with Crippen LogP contribution in [0.4, 0.5) is 0 Å². The van der Waals surface area contributed by atoms with Crippen molar-refractivity contribution >= 4 is 17.4 Å². The number of benzene rings is 1. The number of likely N-dealkylation sites (tertiary alicyclic amines) is 1. The topological polar surface area (TPSA) is 44.1 Å². The van der Waals surface area contributed by atoms with Crippen LogP contribution in [0.5, 0.6) is 0 Å². The third-order valence-electron chi connectivity index (χ3n) is 3.58. The normalized spacial score (nSPS) is 19.3. The molecule has 0 aliphatic carbocycles. The molecule has 0 radical (unpaired) electrons. The van der Waals surface area contributed by atoms with Gasteiger partial charge in [0.1, 0.15) is 5.78 Å². The van der Waals surface area contributed by atoms with Crippen LogP contribution in [-0.4, -0.2) is 23.3 Å². The molecule has 1 fully saturated rings. The SMILES string of the molecule is CC(=O)CC1CCCN1Cc1ccc(C#N)cc1Cl. The van der Waals surface area contributed by atoms with Crippen molar-refractivity contribution in [3.63, 3.8) is 0 Å². The van der Waals surface area contributed by atoms with Crippen LogP contribution in [0.3, 0.4) is 0 Å². The van der Waals surface area contributed by atoms with E-state index in [-0.39, 0.29) is 5.78 Å². The number of rotatable bonds is 4. The molecule has 1 saturated heterocycles. The van der Waals surface area contributed by atoms with Gasteiger partial charge in [-0.1, -0.05) is 17.7 Å². The summed E-state index contributed by atoms with van der Waals surface area (Å²) in [6.07, 6.45) is 2.83. The fourth-order valence-electron chi connectivity index (χ4n) is 2.63. The summed E-state index contributed by atoms with van der Waals surface area (Å²) in [4.78, 5) is 13.6. The minimum Gasteiger partial charge on any atom is -0.300 e. The van der Waals surface area contributed by atoms with E-state index in [0.717, 1.165) is 31.5 Å². The van der Waals surface area contributed by atoms with Crippen molar-refractivity contribution in [1.29, 1.82) is 5.26 Å². The molecule has 2 rings (SSSR count). The van der Waals surface area contributed by atoms with Gasteiger partial charge in [0, 0.05) is 24.0 Å². The highest BCUT2D eigenvalue weighted by atomic mass is 35.5. The number of carbonyl (C=O) groups excluding carboxylic acids is 1. The zero-order valence-electron chi connectivity index (χ0n) is 11.0. The summed E-state index contributed by atoms with van der Waals surface area (Å²) in [5, 5.41) is 9.45. The van der Waals surface area contributed by atoms with Gasteiger partial charge in [0.2, 0.25) is 0 Å². The average Bonchev–Trinajstić information content (AvgIpc) is 2.78. The van der Waals surface area contributed by atoms with Crippen LogP contribution in [0.2, 0.25) is 5.02 Å². The number of Topliss-reactive ketones (excluding diaryl/α,β-unsaturated/α-hetero) is 1. The first-order valence-electron chi connectivity index (χ1n) is 6.52. The Morgan fingerprint density at radius 2 is 2.37 bits per heavy atom. The van der Waals surface area contributed by atoms with Crippen LogP contribution in [0.15, 0.2) is 18.2 Å². The Bertz CT molecular complexity index is 521. The highest BCUT2D eigenvalue weighted by Crippen LogP contribution is 2.26. The summed E-state index contributed by atoms with van der Waals surface area (Å²) in [5.41, 5.74) is 1.60. The predicted molar refractivity (Wildman–Crippen MR) is 74.9 cm³/mol. The summed E-state index contributed by atoms with van der Waals surface area (Å²) >= 11 is 6.20. The highest BCUT2D eigenvalue weighted by Gasteiger charge is 2.25. The maximum Gasteiger partial charge on any atom is 0.131 e. The lowest BCUT2D eigenvalue weighted by atomic mass is 10.1. The molecule has 0 N–H and O–H groups in total. The van der Waals surface area contributed by atoms with Crippen molar-refractivity contribution in [2.24, 2.45) is 0 Å². The molecule has 100 valence electrons. The molecule has 1 unspecified atom stereocenters. The Morgan fingerprint density at radius 1 is 1.58 bits per heavy atom. The third kappa shape index (κ3) is 3.56. The molecule has 19 heavy (non-hydrogen) atoms. The lowest BCUT2D eigenvalue weighted by Crippen LogP contribution is -2.30. The van der Waals surface area contributed by atoms with Crippen molar-refractivity contribution in [3.8, 4) is 6.07 Å². The lowest BCUT2D eigenvalue weighted by molar-refractivity contribution is -0.118. The number of carbonyl (C=O) groups is 1. The molecule has 0 saturated carbocycles. The van der Waals surface area contributed by atoms with Gasteiger partial charge in [-0.2, -0.15) is 5.26 Å². The molecule has 0 spiro atoms. The molecular formula is C15H17ClN2O. The van der Waals surface area contributed by atoms with E-state index in [2.05, 4.69) is 11.0 Å². The summed E-state index contributed by atoms with van der Waals surface area (Å²) in [6.45, 7) is 3.40. The van der Waals surface area contributed by atoms with E-state index in [1.54, 1.807) is 19.1 Å². The fraction of sp³-hybridized carbons (Fsp3) is 0.467. The summed E-state index contributed by atoms with van der Waals surface area (Å²) < 4.78 is 0. The second-order valence-electron chi connectivity index (χ2n) is 5.09. The first-order chi connectivity index (χ1) is 9.10. The molecule has 1 atom stereocenters. The van der Waals surface area contributed by atoms with Gasteiger partial charge >= 0.3 is 0 Å². The molecule has 4 heteroatoms. The van der Waals surface area contributed by atoms with Crippen molar-refractivity contribution in [2.75, 3.05) is 6.54 Å². The standard InChI is InChI=1S/C15H17ClN2O/c1-11(19)7-14-3-2-6-18(14)10-13-5-4-12(9-17)8-15(13)16/h4-5,8,14H,2-3,6-7,10H2,1H3. The molecule has 1 aliphatic heterocycles. The summed E-state index contributed by atoms with van der Waals surface area (Å²) in [5.74, 6) is 0.239. The number of halogens is 1. The van der Waals surface area contributed by atoms with Gasteiger partial charge in [0.15, 0.2) is 0 Å². The molecule has 0 amide bonds. The second-order valence-corrected chi connectivity index (χ2v) is 5.50. The average molecular weight is 277 g/mol. The van der Waals surface area contributed by atoms with E-state index in [1.165, 1.54) is 0 Å². The number of nitriles is 1. The van der Waals surface area contributed by atoms with Gasteiger partial charge in [0.05, 0.1) is 11.6 Å². The smallest absolute Gasteiger partial charge is 0.131 e. The Morgan fingerprint density at radius 3 is 3.00 bits per heavy atom. The van der Waals surface area contributed by atoms with Gasteiger partial charge < -0.3 is 0 Å². The molecule has 1 aromatic rings. The first kappa shape index (κ1) is 14.0. The Balaban J connectivity index is 2.08. The van der Waals surface area contributed by atoms with E-state index in [4.69, 9.17) is 16.9 Å². The zero-order valence-corrected chi connectivity index (χ0v) is 11.8. The summed E-state index contributed by atoms with van der Waals surface area (Å²) in [6, 6.07) is 7.82. The molecule has 1 aromatic carbocycles. The summed E-state index contributed by atoms with van der Waals surface area (Å²) in [7, 11) is 0. The molecular weight excluding hydrogens is 260 g/mol. The minimum atomic E-state index is 0.239. The number of nitrogens with zero attached hydrogens (tertiary/aromatic N) is 2. The van der Waals surface area contributed by atoms with Crippen LogP contribution in [0, 0.1) is 11.3 Å². The van der Waals surface area contributed by atoms with Gasteiger partial charge in [-0.05, 0) is 44.0 Å². The monoisotopic (exact) mass is 276 g/mol. The Hall–Kier alpha value is -1.37. The maximum atomic E-state index is 11.3. The van der Waals surface area contributed by atoms with Gasteiger partial charge in [0.25, 0.3) is 0 Å². The van der Waals surface area contributed by atoms with Crippen LogP contribution < -0.4 is 0 Å². The molecule has 1 aliphatic rings. The van der Waals surface area contributed by atoms with Crippen molar-refractivity contribution in [2.45, 2.75) is 38.8 Å². The Kier molecular flexibility index (Phi) is 4.57. The first-order valence-corrected chi connectivity index (χ1v) is 6.90. The lowest BCUT2D eigenvalue weighted by Gasteiger charge is -2.24. The van der Waals surface area contributed by atoms with E-state index in [1.807, 2.05) is 6.07 Å². The largest absolute Gasteiger partial charge is 0.300 e. The molecule has 1 heterocycles. The zero-order chi connectivity index (χ0) is 13.8. The van der Waals surface area contributed by atoms with E-state index >= 15 is 0 Å². The van der Waals surface area contributed by atoms with Crippen molar-refractivity contribution < 1.29 is 4.79 Å². The number of hydrogen-bond donors (Lipinski definition) is 0. The van der Waals surface area contributed by atoms with Crippen LogP contribution in [0.25, 0.3) is 0 Å². The van der Waals surface area contributed by atoms with Crippen LogP contribution in [0.1, 0.15) is 37.3 Å². The predicted octanol–water partition coefficient (Wildman–Crippen LogP) is 3.16. The Labute approximate surface area is 118 Å². The minimum absolute atomic E-state index is 0.239. The van der Waals surface area contributed by atoms with Crippen molar-refractivity contribution in [1.82, 2.24) is 4.90 Å². The second kappa shape index (κ2) is 6.18. The molecule has 0 bridgehead atoms. The highest BCUT2D eigenvalue weighted by molar-refractivity contribution is 6.31. The van der Waals surface area contributed by atoms with E-state index in [9.17, 15) is 4.79 Å². The third-order valence-corrected chi connectivity index (χ3v) is 3.93. The van der Waals surface area contributed by atoms with E-state index < -0.39 is 0 Å². The van der Waals surface area contributed by atoms with Gasteiger partial charge in [-0.15, -0.1) is 0 Å².